The molecule has 0 unspecified atom stereocenters. The van der Waals surface area contributed by atoms with Crippen LogP contribution >= 0.6 is 11.3 Å². The summed E-state index contributed by atoms with van der Waals surface area (Å²) in [5, 5.41) is 5.30. The predicted molar refractivity (Wildman–Crippen MR) is 97.3 cm³/mol. The Bertz CT molecular complexity index is 1040. The maximum Gasteiger partial charge on any atom is 0.213 e. The van der Waals surface area contributed by atoms with Gasteiger partial charge in [0.25, 0.3) is 0 Å². The van der Waals surface area contributed by atoms with Crippen LogP contribution in [0.4, 0.5) is 4.39 Å². The zero-order chi connectivity index (χ0) is 17.9. The van der Waals surface area contributed by atoms with Crippen LogP contribution in [-0.4, -0.2) is 27.5 Å². The molecule has 130 valence electrons. The van der Waals surface area contributed by atoms with Crippen LogP contribution in [0, 0.1) is 5.82 Å². The number of rotatable bonds is 6. The Morgan fingerprint density at radius 1 is 1.12 bits per heavy atom. The van der Waals surface area contributed by atoms with Gasteiger partial charge in [0.05, 0.1) is 6.61 Å². The van der Waals surface area contributed by atoms with Crippen molar-refractivity contribution in [1.82, 2.24) is 14.6 Å². The van der Waals surface area contributed by atoms with E-state index in [0.29, 0.717) is 34.9 Å². The molecule has 0 atom stereocenters. The molecule has 0 saturated heterocycles. The number of benzene rings is 2. The van der Waals surface area contributed by atoms with E-state index >= 15 is 0 Å². The van der Waals surface area contributed by atoms with Gasteiger partial charge in [-0.15, -0.1) is 0 Å². The zero-order valence-corrected chi connectivity index (χ0v) is 14.4. The van der Waals surface area contributed by atoms with Gasteiger partial charge in [-0.05, 0) is 36.4 Å². The van der Waals surface area contributed by atoms with Crippen molar-refractivity contribution >= 4 is 22.6 Å². The summed E-state index contributed by atoms with van der Waals surface area (Å²) in [6.07, 6.45) is 1.34. The molecule has 0 amide bonds. The highest BCUT2D eigenvalue weighted by molar-refractivity contribution is 7.16. The smallest absolute Gasteiger partial charge is 0.213 e. The normalized spacial score (nSPS) is 11.0. The van der Waals surface area contributed by atoms with E-state index in [1.807, 2.05) is 30.3 Å². The van der Waals surface area contributed by atoms with Crippen LogP contribution in [0.15, 0.2) is 54.6 Å². The lowest BCUT2D eigenvalue weighted by Gasteiger charge is -2.03. The molecule has 5 nitrogen and oxygen atoms in total. The molecule has 0 aliphatic rings. The van der Waals surface area contributed by atoms with E-state index in [1.165, 1.54) is 28.0 Å². The Balaban J connectivity index is 1.55. The number of para-hydroxylation sites is 1. The van der Waals surface area contributed by atoms with Crippen LogP contribution in [0.1, 0.15) is 15.5 Å². The summed E-state index contributed by atoms with van der Waals surface area (Å²) >= 11 is 1.41. The topological polar surface area (TPSA) is 56.5 Å². The fraction of sp³-hybridized carbons (Fsp3) is 0.105. The third kappa shape index (κ3) is 3.21. The lowest BCUT2D eigenvalue weighted by atomic mass is 10.1. The van der Waals surface area contributed by atoms with E-state index < -0.39 is 0 Å². The van der Waals surface area contributed by atoms with Crippen LogP contribution in [0.5, 0.6) is 5.75 Å². The molecule has 4 rings (SSSR count). The van der Waals surface area contributed by atoms with Gasteiger partial charge in [-0.3, -0.25) is 4.79 Å². The molecular formula is C19H14FN3O2S. The van der Waals surface area contributed by atoms with E-state index in [0.717, 1.165) is 17.0 Å². The Labute approximate surface area is 152 Å². The first-order chi connectivity index (χ1) is 12.7. The van der Waals surface area contributed by atoms with Gasteiger partial charge in [0.15, 0.2) is 6.29 Å². The predicted octanol–water partition coefficient (Wildman–Crippen LogP) is 4.03. The summed E-state index contributed by atoms with van der Waals surface area (Å²) < 4.78 is 20.3. The fourth-order valence-corrected chi connectivity index (χ4v) is 3.48. The number of hydrogen-bond donors (Lipinski definition) is 0. The van der Waals surface area contributed by atoms with Crippen molar-refractivity contribution in [2.24, 2.45) is 0 Å². The third-order valence-electron chi connectivity index (χ3n) is 3.84. The molecule has 0 spiro atoms. The molecular weight excluding hydrogens is 353 g/mol. The molecule has 2 aromatic heterocycles. The summed E-state index contributed by atoms with van der Waals surface area (Å²) in [7, 11) is 0. The minimum Gasteiger partial charge on any atom is -0.493 e. The molecule has 2 heterocycles. The number of carbonyl (C=O) groups is 1. The number of imidazole rings is 1. The van der Waals surface area contributed by atoms with Crippen molar-refractivity contribution in [3.05, 3.63) is 71.1 Å². The molecule has 4 aromatic rings. The van der Waals surface area contributed by atoms with Gasteiger partial charge in [-0.1, -0.05) is 29.5 Å². The van der Waals surface area contributed by atoms with Crippen molar-refractivity contribution in [2.75, 3.05) is 6.61 Å². The maximum atomic E-state index is 13.1. The molecule has 2 aromatic carbocycles. The molecule has 7 heteroatoms. The van der Waals surface area contributed by atoms with E-state index in [2.05, 4.69) is 10.1 Å². The van der Waals surface area contributed by atoms with Crippen molar-refractivity contribution in [3.8, 4) is 17.0 Å². The highest BCUT2D eigenvalue weighted by Gasteiger charge is 2.17. The first-order valence-electron chi connectivity index (χ1n) is 8.02. The Kier molecular flexibility index (Phi) is 4.45. The lowest BCUT2D eigenvalue weighted by molar-refractivity contribution is 0.111. The minimum atomic E-state index is -0.332. The Morgan fingerprint density at radius 3 is 2.62 bits per heavy atom. The molecule has 0 saturated carbocycles. The summed E-state index contributed by atoms with van der Waals surface area (Å²) in [5.74, 6) is 0.474. The van der Waals surface area contributed by atoms with E-state index in [9.17, 15) is 9.18 Å². The second-order valence-electron chi connectivity index (χ2n) is 5.57. The highest BCUT2D eigenvalue weighted by atomic mass is 32.1. The van der Waals surface area contributed by atoms with Gasteiger partial charge in [0, 0.05) is 12.0 Å². The van der Waals surface area contributed by atoms with Crippen molar-refractivity contribution in [1.29, 1.82) is 0 Å². The number of carbonyl (C=O) groups excluding carboxylic acids is 1. The third-order valence-corrected chi connectivity index (χ3v) is 4.81. The number of fused-ring (bicyclic) bond motifs is 1. The van der Waals surface area contributed by atoms with Gasteiger partial charge in [-0.2, -0.15) is 9.61 Å². The standard InChI is InChI=1S/C19H14FN3O2S/c20-14-8-6-13(7-9-14)18-16(12-24)23-19(21-18)26-17(22-23)10-11-25-15-4-2-1-3-5-15/h1-9,12H,10-11H2. The van der Waals surface area contributed by atoms with Gasteiger partial charge < -0.3 is 4.74 Å². The quantitative estimate of drug-likeness (QED) is 0.483. The Hall–Kier alpha value is -3.06. The molecule has 0 bridgehead atoms. The second kappa shape index (κ2) is 7.05. The first-order valence-corrected chi connectivity index (χ1v) is 8.83. The summed E-state index contributed by atoms with van der Waals surface area (Å²) in [6, 6.07) is 15.5. The number of nitrogens with zero attached hydrogens (tertiary/aromatic N) is 3. The van der Waals surface area contributed by atoms with Crippen LogP contribution in [0.2, 0.25) is 0 Å². The van der Waals surface area contributed by atoms with Gasteiger partial charge in [-0.25, -0.2) is 9.37 Å². The highest BCUT2D eigenvalue weighted by Crippen LogP contribution is 2.26. The van der Waals surface area contributed by atoms with Crippen LogP contribution in [0.3, 0.4) is 0 Å². The number of aldehydes is 1. The molecule has 0 fully saturated rings. The second-order valence-corrected chi connectivity index (χ2v) is 6.61. The number of halogens is 1. The maximum absolute atomic E-state index is 13.1. The zero-order valence-electron chi connectivity index (χ0n) is 13.6. The van der Waals surface area contributed by atoms with Crippen molar-refractivity contribution in [2.45, 2.75) is 6.42 Å². The largest absolute Gasteiger partial charge is 0.493 e. The first kappa shape index (κ1) is 16.4. The number of aromatic nitrogens is 3. The Morgan fingerprint density at radius 2 is 1.88 bits per heavy atom. The van der Waals surface area contributed by atoms with Crippen LogP contribution in [-0.2, 0) is 6.42 Å². The van der Waals surface area contributed by atoms with Crippen LogP contribution in [0.25, 0.3) is 16.2 Å². The monoisotopic (exact) mass is 367 g/mol. The van der Waals surface area contributed by atoms with Gasteiger partial charge >= 0.3 is 0 Å². The van der Waals surface area contributed by atoms with Crippen molar-refractivity contribution in [3.63, 3.8) is 0 Å². The fourth-order valence-electron chi connectivity index (χ4n) is 2.60. The van der Waals surface area contributed by atoms with Crippen molar-refractivity contribution < 1.29 is 13.9 Å². The molecule has 0 N–H and O–H groups in total. The summed E-state index contributed by atoms with van der Waals surface area (Å²) in [6.45, 7) is 0.488. The van der Waals surface area contributed by atoms with E-state index in [-0.39, 0.29) is 5.82 Å². The average Bonchev–Trinajstić information content (AvgIpc) is 3.20. The van der Waals surface area contributed by atoms with Crippen LogP contribution < -0.4 is 4.74 Å². The van der Waals surface area contributed by atoms with Gasteiger partial charge in [0.1, 0.15) is 28.0 Å². The summed E-state index contributed by atoms with van der Waals surface area (Å²) in [4.78, 5) is 16.7. The molecule has 26 heavy (non-hydrogen) atoms. The number of hydrogen-bond acceptors (Lipinski definition) is 5. The number of ether oxygens (including phenoxy) is 1. The van der Waals surface area contributed by atoms with E-state index in [1.54, 1.807) is 12.1 Å². The van der Waals surface area contributed by atoms with Gasteiger partial charge in [0.2, 0.25) is 4.96 Å². The molecule has 0 radical (unpaired) electrons. The SMILES string of the molecule is O=Cc1c(-c2ccc(F)cc2)nc2sc(CCOc3ccccc3)nn12. The summed E-state index contributed by atoms with van der Waals surface area (Å²) in [5.41, 5.74) is 1.55. The minimum absolute atomic E-state index is 0.332. The molecule has 0 aliphatic heterocycles. The average molecular weight is 367 g/mol. The molecule has 0 aliphatic carbocycles. The van der Waals surface area contributed by atoms with E-state index in [4.69, 9.17) is 4.74 Å². The lowest BCUT2D eigenvalue weighted by Crippen LogP contribution is -2.02.